The minimum atomic E-state index is -0.467. The molecule has 0 spiro atoms. The van der Waals surface area contributed by atoms with Gasteiger partial charge < -0.3 is 20.5 Å². The molecule has 3 N–H and O–H groups in total. The van der Waals surface area contributed by atoms with E-state index in [4.69, 9.17) is 10.5 Å². The van der Waals surface area contributed by atoms with E-state index in [0.717, 1.165) is 9.75 Å². The highest BCUT2D eigenvalue weighted by atomic mass is 32.1. The number of esters is 1. The maximum Gasteiger partial charge on any atom is 0.310 e. The fraction of sp³-hybridized carbons (Fsp3) is 0.500. The molecular weight excluding hydrogens is 268 g/mol. The van der Waals surface area contributed by atoms with Gasteiger partial charge in [0.2, 0.25) is 5.91 Å². The molecular formula is C12H18N2O4S. The summed E-state index contributed by atoms with van der Waals surface area (Å²) in [6.45, 7) is 1.72. The third-order valence-corrected chi connectivity index (χ3v) is 3.32. The first-order valence-corrected chi connectivity index (χ1v) is 6.64. The van der Waals surface area contributed by atoms with Gasteiger partial charge in [-0.3, -0.25) is 9.59 Å². The van der Waals surface area contributed by atoms with Gasteiger partial charge in [0.25, 0.3) is 0 Å². The van der Waals surface area contributed by atoms with Crippen molar-refractivity contribution in [2.45, 2.75) is 13.0 Å². The lowest BCUT2D eigenvalue weighted by Crippen LogP contribution is -2.23. The van der Waals surface area contributed by atoms with Crippen molar-refractivity contribution in [3.05, 3.63) is 21.9 Å². The van der Waals surface area contributed by atoms with E-state index in [0.29, 0.717) is 26.1 Å². The molecule has 0 fully saturated rings. The topological polar surface area (TPSA) is 90.7 Å². The maximum atomic E-state index is 11.1. The number of carbonyl (C=O) groups excluding carboxylic acids is 2. The lowest BCUT2D eigenvalue weighted by Gasteiger charge is -2.03. The van der Waals surface area contributed by atoms with Gasteiger partial charge in [-0.05, 0) is 12.1 Å². The molecule has 1 rings (SSSR count). The fourth-order valence-electron chi connectivity index (χ4n) is 1.36. The summed E-state index contributed by atoms with van der Waals surface area (Å²) < 4.78 is 9.62. The van der Waals surface area contributed by atoms with Gasteiger partial charge in [0.05, 0.1) is 20.1 Å². The standard InChI is InChI=1S/C12H18N2O4S/c1-17-12(16)6-9-2-3-10(19-9)7-14-4-5-18-8-11(13)15/h2-3,14H,4-8H2,1H3,(H2,13,15). The first-order chi connectivity index (χ1) is 9.11. The van der Waals surface area contributed by atoms with Crippen molar-refractivity contribution < 1.29 is 19.1 Å². The quantitative estimate of drug-likeness (QED) is 0.494. The van der Waals surface area contributed by atoms with Crippen molar-refractivity contribution in [1.82, 2.24) is 5.32 Å². The Hall–Kier alpha value is -1.44. The predicted octanol–water partition coefficient (Wildman–Crippen LogP) is 0.0551. The summed E-state index contributed by atoms with van der Waals surface area (Å²) in [7, 11) is 1.38. The number of hydrogen-bond donors (Lipinski definition) is 2. The lowest BCUT2D eigenvalue weighted by molar-refractivity contribution is -0.139. The van der Waals surface area contributed by atoms with Crippen LogP contribution in [0.1, 0.15) is 9.75 Å². The smallest absolute Gasteiger partial charge is 0.310 e. The van der Waals surface area contributed by atoms with E-state index in [1.165, 1.54) is 7.11 Å². The van der Waals surface area contributed by atoms with Crippen LogP contribution in [0.4, 0.5) is 0 Å². The molecule has 0 aliphatic carbocycles. The van der Waals surface area contributed by atoms with E-state index >= 15 is 0 Å². The van der Waals surface area contributed by atoms with E-state index in [-0.39, 0.29) is 12.6 Å². The Labute approximate surface area is 115 Å². The number of nitrogens with one attached hydrogen (secondary N) is 1. The van der Waals surface area contributed by atoms with Crippen molar-refractivity contribution in [1.29, 1.82) is 0 Å². The van der Waals surface area contributed by atoms with Crippen LogP contribution in [0, 0.1) is 0 Å². The first-order valence-electron chi connectivity index (χ1n) is 5.83. The Kier molecular flexibility index (Phi) is 7.09. The number of carbonyl (C=O) groups is 2. The van der Waals surface area contributed by atoms with Crippen molar-refractivity contribution in [3.63, 3.8) is 0 Å². The zero-order valence-corrected chi connectivity index (χ0v) is 11.6. The average molecular weight is 286 g/mol. The monoisotopic (exact) mass is 286 g/mol. The third-order valence-electron chi connectivity index (χ3n) is 2.23. The first kappa shape index (κ1) is 15.6. The Morgan fingerprint density at radius 2 is 2.11 bits per heavy atom. The van der Waals surface area contributed by atoms with Gasteiger partial charge in [-0.2, -0.15) is 0 Å². The lowest BCUT2D eigenvalue weighted by atomic mass is 10.3. The van der Waals surface area contributed by atoms with Crippen molar-refractivity contribution in [2.24, 2.45) is 5.73 Å². The van der Waals surface area contributed by atoms with Gasteiger partial charge in [-0.25, -0.2) is 0 Å². The Morgan fingerprint density at radius 1 is 1.37 bits per heavy atom. The number of hydrogen-bond acceptors (Lipinski definition) is 6. The molecule has 0 saturated heterocycles. The summed E-state index contributed by atoms with van der Waals surface area (Å²) in [6, 6.07) is 3.89. The fourth-order valence-corrected chi connectivity index (χ4v) is 2.33. The number of rotatable bonds is 9. The highest BCUT2D eigenvalue weighted by Crippen LogP contribution is 2.17. The normalized spacial score (nSPS) is 10.4. The van der Waals surface area contributed by atoms with Gasteiger partial charge in [0.15, 0.2) is 0 Å². The van der Waals surface area contributed by atoms with E-state index in [2.05, 4.69) is 10.1 Å². The largest absolute Gasteiger partial charge is 0.469 e. The number of nitrogens with two attached hydrogens (primary N) is 1. The minimum Gasteiger partial charge on any atom is -0.469 e. The summed E-state index contributed by atoms with van der Waals surface area (Å²) in [5.41, 5.74) is 4.93. The van der Waals surface area contributed by atoms with Crippen molar-refractivity contribution >= 4 is 23.2 Å². The molecule has 0 saturated carbocycles. The SMILES string of the molecule is COC(=O)Cc1ccc(CNCCOCC(N)=O)s1. The summed E-state index contributed by atoms with van der Waals surface area (Å²) >= 11 is 1.57. The second-order valence-corrected chi connectivity index (χ2v) is 5.07. The summed E-state index contributed by atoms with van der Waals surface area (Å²) in [6.07, 6.45) is 0.308. The van der Waals surface area contributed by atoms with Crippen LogP contribution in [0.2, 0.25) is 0 Å². The van der Waals surface area contributed by atoms with Gasteiger partial charge in [-0.15, -0.1) is 11.3 Å². The molecule has 1 aromatic heterocycles. The predicted molar refractivity (Wildman–Crippen MR) is 71.8 cm³/mol. The van der Waals surface area contributed by atoms with Gasteiger partial charge in [0.1, 0.15) is 6.61 Å². The number of methoxy groups -OCH3 is 1. The van der Waals surface area contributed by atoms with Crippen LogP contribution in [0.25, 0.3) is 0 Å². The van der Waals surface area contributed by atoms with Gasteiger partial charge in [0, 0.05) is 22.8 Å². The van der Waals surface area contributed by atoms with E-state index in [1.807, 2.05) is 12.1 Å². The molecule has 7 heteroatoms. The van der Waals surface area contributed by atoms with E-state index < -0.39 is 5.91 Å². The highest BCUT2D eigenvalue weighted by Gasteiger charge is 2.05. The second kappa shape index (κ2) is 8.63. The molecule has 106 valence electrons. The van der Waals surface area contributed by atoms with Crippen LogP contribution in [0.5, 0.6) is 0 Å². The van der Waals surface area contributed by atoms with Gasteiger partial charge >= 0.3 is 5.97 Å². The zero-order valence-electron chi connectivity index (χ0n) is 10.8. The van der Waals surface area contributed by atoms with Crippen LogP contribution < -0.4 is 11.1 Å². The molecule has 0 unspecified atom stereocenters. The zero-order chi connectivity index (χ0) is 14.1. The molecule has 6 nitrogen and oxygen atoms in total. The Balaban J connectivity index is 2.16. The maximum absolute atomic E-state index is 11.1. The molecule has 1 heterocycles. The van der Waals surface area contributed by atoms with Crippen molar-refractivity contribution in [2.75, 3.05) is 26.9 Å². The van der Waals surface area contributed by atoms with Gasteiger partial charge in [-0.1, -0.05) is 0 Å². The molecule has 0 atom stereocenters. The molecule has 0 aromatic carbocycles. The number of primary amides is 1. The van der Waals surface area contributed by atoms with Crippen LogP contribution in [-0.4, -0.2) is 38.7 Å². The second-order valence-electron chi connectivity index (χ2n) is 3.82. The molecule has 1 amide bonds. The minimum absolute atomic E-state index is 0.0516. The molecule has 0 aliphatic heterocycles. The number of thiophene rings is 1. The van der Waals surface area contributed by atoms with E-state index in [1.54, 1.807) is 11.3 Å². The molecule has 0 bridgehead atoms. The van der Waals surface area contributed by atoms with E-state index in [9.17, 15) is 9.59 Å². The van der Waals surface area contributed by atoms with Crippen LogP contribution in [-0.2, 0) is 32.0 Å². The van der Waals surface area contributed by atoms with Crippen molar-refractivity contribution in [3.8, 4) is 0 Å². The van der Waals surface area contributed by atoms with Crippen LogP contribution in [0.3, 0.4) is 0 Å². The third kappa shape index (κ3) is 6.90. The molecule has 1 aromatic rings. The molecule has 0 aliphatic rings. The molecule has 0 radical (unpaired) electrons. The van der Waals surface area contributed by atoms with Crippen LogP contribution in [0.15, 0.2) is 12.1 Å². The summed E-state index contributed by atoms with van der Waals surface area (Å²) in [5.74, 6) is -0.702. The summed E-state index contributed by atoms with van der Waals surface area (Å²) in [4.78, 5) is 23.6. The Bertz CT molecular complexity index is 420. The average Bonchev–Trinajstić information content (AvgIpc) is 2.80. The summed E-state index contributed by atoms with van der Waals surface area (Å²) in [5, 5.41) is 3.17. The Morgan fingerprint density at radius 3 is 2.79 bits per heavy atom. The molecule has 19 heavy (non-hydrogen) atoms. The van der Waals surface area contributed by atoms with Crippen LogP contribution >= 0.6 is 11.3 Å². The number of amides is 1. The number of ether oxygens (including phenoxy) is 2. The highest BCUT2D eigenvalue weighted by molar-refractivity contribution is 7.12.